The van der Waals surface area contributed by atoms with Crippen LogP contribution in [-0.2, 0) is 4.74 Å². The number of nitrogens with zero attached hydrogens (tertiary/aromatic N) is 2. The maximum absolute atomic E-state index is 5.82. The zero-order chi connectivity index (χ0) is 13.2. The zero-order valence-corrected chi connectivity index (χ0v) is 13.2. The lowest BCUT2D eigenvalue weighted by Crippen LogP contribution is -2.44. The first-order valence-electron chi connectivity index (χ1n) is 6.86. The minimum Gasteiger partial charge on any atom is -0.399 e. The van der Waals surface area contributed by atoms with Crippen molar-refractivity contribution in [2.24, 2.45) is 0 Å². The molecule has 2 aliphatic rings. The lowest BCUT2D eigenvalue weighted by Gasteiger charge is -2.32. The molecule has 2 saturated heterocycles. The number of ether oxygens (including phenoxy) is 1. The van der Waals surface area contributed by atoms with Crippen LogP contribution in [0, 0.1) is 3.57 Å². The van der Waals surface area contributed by atoms with Crippen molar-refractivity contribution in [3.63, 3.8) is 0 Å². The van der Waals surface area contributed by atoms with Crippen LogP contribution in [0.15, 0.2) is 18.2 Å². The molecule has 19 heavy (non-hydrogen) atoms. The average Bonchev–Trinajstić information content (AvgIpc) is 2.89. The van der Waals surface area contributed by atoms with Crippen LogP contribution in [0.1, 0.15) is 6.42 Å². The van der Waals surface area contributed by atoms with Gasteiger partial charge in [-0.05, 0) is 47.2 Å². The van der Waals surface area contributed by atoms with Crippen LogP contribution in [0.4, 0.5) is 11.4 Å². The monoisotopic (exact) mass is 373 g/mol. The Bertz CT molecular complexity index is 448. The molecule has 0 aliphatic carbocycles. The summed E-state index contributed by atoms with van der Waals surface area (Å²) in [4.78, 5) is 5.06. The highest BCUT2D eigenvalue weighted by molar-refractivity contribution is 14.1. The van der Waals surface area contributed by atoms with Crippen LogP contribution in [0.25, 0.3) is 0 Å². The Morgan fingerprint density at radius 3 is 2.74 bits per heavy atom. The van der Waals surface area contributed by atoms with Gasteiger partial charge in [-0.25, -0.2) is 0 Å². The third-order valence-electron chi connectivity index (χ3n) is 4.04. The van der Waals surface area contributed by atoms with E-state index in [4.69, 9.17) is 10.5 Å². The van der Waals surface area contributed by atoms with Gasteiger partial charge in [-0.2, -0.15) is 0 Å². The second-order valence-corrected chi connectivity index (χ2v) is 6.41. The van der Waals surface area contributed by atoms with Gasteiger partial charge >= 0.3 is 0 Å². The molecule has 0 saturated carbocycles. The van der Waals surface area contributed by atoms with Crippen molar-refractivity contribution in [3.8, 4) is 0 Å². The number of rotatable bonds is 2. The molecular weight excluding hydrogens is 353 g/mol. The first-order valence-corrected chi connectivity index (χ1v) is 7.94. The number of halogens is 1. The molecule has 0 radical (unpaired) electrons. The molecule has 104 valence electrons. The van der Waals surface area contributed by atoms with Gasteiger partial charge in [-0.15, -0.1) is 0 Å². The molecule has 0 bridgehead atoms. The van der Waals surface area contributed by atoms with Gasteiger partial charge in [0.1, 0.15) is 0 Å². The van der Waals surface area contributed by atoms with E-state index in [2.05, 4.69) is 44.5 Å². The molecule has 3 rings (SSSR count). The Morgan fingerprint density at radius 1 is 1.21 bits per heavy atom. The molecule has 2 fully saturated rings. The molecule has 5 heteroatoms. The molecule has 1 unspecified atom stereocenters. The van der Waals surface area contributed by atoms with E-state index in [9.17, 15) is 0 Å². The van der Waals surface area contributed by atoms with Gasteiger partial charge in [-0.1, -0.05) is 0 Å². The summed E-state index contributed by atoms with van der Waals surface area (Å²) in [6.07, 6.45) is 1.25. The summed E-state index contributed by atoms with van der Waals surface area (Å²) in [5.41, 5.74) is 7.99. The number of nitrogens with two attached hydrogens (primary N) is 1. The van der Waals surface area contributed by atoms with E-state index in [1.165, 1.54) is 15.7 Å². The van der Waals surface area contributed by atoms with Crippen LogP contribution in [0.2, 0.25) is 0 Å². The van der Waals surface area contributed by atoms with Crippen molar-refractivity contribution in [2.45, 2.75) is 12.5 Å². The first-order chi connectivity index (χ1) is 9.24. The fraction of sp³-hybridized carbons (Fsp3) is 0.571. The quantitative estimate of drug-likeness (QED) is 0.634. The minimum atomic E-state index is 0.678. The van der Waals surface area contributed by atoms with Crippen LogP contribution in [0.5, 0.6) is 0 Å². The highest BCUT2D eigenvalue weighted by Crippen LogP contribution is 2.29. The van der Waals surface area contributed by atoms with Crippen molar-refractivity contribution >= 4 is 34.0 Å². The molecule has 1 aromatic rings. The maximum atomic E-state index is 5.82. The normalized spacial score (nSPS) is 24.9. The van der Waals surface area contributed by atoms with Gasteiger partial charge in [0.15, 0.2) is 0 Å². The topological polar surface area (TPSA) is 41.7 Å². The predicted octanol–water partition coefficient (Wildman–Crippen LogP) is 1.78. The van der Waals surface area contributed by atoms with Gasteiger partial charge in [0.25, 0.3) is 0 Å². The van der Waals surface area contributed by atoms with Crippen molar-refractivity contribution in [1.82, 2.24) is 4.90 Å². The summed E-state index contributed by atoms with van der Waals surface area (Å²) < 4.78 is 6.68. The van der Waals surface area contributed by atoms with Crippen molar-refractivity contribution in [3.05, 3.63) is 21.8 Å². The zero-order valence-electron chi connectivity index (χ0n) is 11.0. The van der Waals surface area contributed by atoms with Gasteiger partial charge in [0.05, 0.1) is 18.9 Å². The molecule has 0 spiro atoms. The van der Waals surface area contributed by atoms with E-state index in [-0.39, 0.29) is 0 Å². The Labute approximate surface area is 128 Å². The molecule has 0 aromatic heterocycles. The van der Waals surface area contributed by atoms with Gasteiger partial charge < -0.3 is 15.4 Å². The second-order valence-electron chi connectivity index (χ2n) is 5.25. The smallest absolute Gasteiger partial charge is 0.0594 e. The summed E-state index contributed by atoms with van der Waals surface area (Å²) in [6, 6.07) is 6.88. The largest absolute Gasteiger partial charge is 0.399 e. The molecule has 1 atom stereocenters. The fourth-order valence-electron chi connectivity index (χ4n) is 2.98. The first kappa shape index (κ1) is 13.5. The third kappa shape index (κ3) is 2.98. The second kappa shape index (κ2) is 5.85. The molecule has 4 nitrogen and oxygen atoms in total. The molecular formula is C14H20IN3O. The number of hydrogen-bond donors (Lipinski definition) is 1. The highest BCUT2D eigenvalue weighted by Gasteiger charge is 2.29. The minimum absolute atomic E-state index is 0.678. The number of morpholine rings is 1. The summed E-state index contributed by atoms with van der Waals surface area (Å²) in [5, 5.41) is 0. The summed E-state index contributed by atoms with van der Waals surface area (Å²) in [6.45, 7) is 6.20. The van der Waals surface area contributed by atoms with E-state index in [0.29, 0.717) is 6.04 Å². The Balaban J connectivity index is 1.67. The Morgan fingerprint density at radius 2 is 2.00 bits per heavy atom. The van der Waals surface area contributed by atoms with Crippen LogP contribution in [-0.4, -0.2) is 50.3 Å². The number of anilines is 2. The number of nitrogen functional groups attached to an aromatic ring is 1. The van der Waals surface area contributed by atoms with E-state index in [0.717, 1.165) is 45.1 Å². The predicted molar refractivity (Wildman–Crippen MR) is 86.6 cm³/mol. The summed E-state index contributed by atoms with van der Waals surface area (Å²) in [5.74, 6) is 0. The fourth-order valence-corrected chi connectivity index (χ4v) is 3.86. The van der Waals surface area contributed by atoms with Crippen LogP contribution in [0.3, 0.4) is 0 Å². The lowest BCUT2D eigenvalue weighted by atomic mass is 10.2. The van der Waals surface area contributed by atoms with Gasteiger partial charge in [0, 0.05) is 41.5 Å². The summed E-state index contributed by atoms with van der Waals surface area (Å²) in [7, 11) is 0. The standard InChI is InChI=1S/C14H20IN3O/c15-13-9-11(16)1-2-14(13)18-4-3-12(10-18)17-5-7-19-8-6-17/h1-2,9,12H,3-8,10,16H2. The molecule has 2 N–H and O–H groups in total. The van der Waals surface area contributed by atoms with Crippen molar-refractivity contribution in [2.75, 3.05) is 50.0 Å². The Kier molecular flexibility index (Phi) is 4.14. The van der Waals surface area contributed by atoms with E-state index in [1.807, 2.05) is 6.07 Å². The number of benzene rings is 1. The molecule has 1 aromatic carbocycles. The van der Waals surface area contributed by atoms with Gasteiger partial charge in [-0.3, -0.25) is 4.90 Å². The van der Waals surface area contributed by atoms with Crippen LogP contribution < -0.4 is 10.6 Å². The molecule has 0 amide bonds. The third-order valence-corrected chi connectivity index (χ3v) is 4.90. The molecule has 2 heterocycles. The SMILES string of the molecule is Nc1ccc(N2CCC(N3CCOCC3)C2)c(I)c1. The highest BCUT2D eigenvalue weighted by atomic mass is 127. The van der Waals surface area contributed by atoms with Crippen molar-refractivity contribution in [1.29, 1.82) is 0 Å². The summed E-state index contributed by atoms with van der Waals surface area (Å²) >= 11 is 2.38. The van der Waals surface area contributed by atoms with Crippen molar-refractivity contribution < 1.29 is 4.74 Å². The molecule has 2 aliphatic heterocycles. The van der Waals surface area contributed by atoms with E-state index >= 15 is 0 Å². The Hall–Kier alpha value is -0.530. The lowest BCUT2D eigenvalue weighted by molar-refractivity contribution is 0.0209. The van der Waals surface area contributed by atoms with E-state index in [1.54, 1.807) is 0 Å². The van der Waals surface area contributed by atoms with E-state index < -0.39 is 0 Å². The average molecular weight is 373 g/mol. The number of hydrogen-bond acceptors (Lipinski definition) is 4. The van der Waals surface area contributed by atoms with Gasteiger partial charge in [0.2, 0.25) is 0 Å². The maximum Gasteiger partial charge on any atom is 0.0594 e. The van der Waals surface area contributed by atoms with Crippen LogP contribution >= 0.6 is 22.6 Å².